The molecule has 7 heteroatoms. The van der Waals surface area contributed by atoms with Crippen LogP contribution in [0.1, 0.15) is 45.4 Å². The number of nitrogens with zero attached hydrogens (tertiary/aromatic N) is 3. The number of hydrogen-bond acceptors (Lipinski definition) is 3. The van der Waals surface area contributed by atoms with Crippen LogP contribution in [-0.2, 0) is 4.79 Å². The Balaban J connectivity index is 1.36. The van der Waals surface area contributed by atoms with E-state index >= 15 is 0 Å². The van der Waals surface area contributed by atoms with Crippen LogP contribution in [0.25, 0.3) is 0 Å². The van der Waals surface area contributed by atoms with Crippen molar-refractivity contribution in [2.45, 2.75) is 51.5 Å². The molecule has 0 radical (unpaired) electrons. The normalized spacial score (nSPS) is 22.5. The van der Waals surface area contributed by atoms with Gasteiger partial charge in [-0.2, -0.15) is 0 Å². The minimum absolute atomic E-state index is 0.0433. The molecule has 0 unspecified atom stereocenters. The fourth-order valence-electron chi connectivity index (χ4n) is 5.28. The number of urea groups is 1. The number of amides is 3. The Morgan fingerprint density at radius 1 is 0.903 bits per heavy atom. The lowest BCUT2D eigenvalue weighted by Crippen LogP contribution is -2.59. The largest absolute Gasteiger partial charge is 0.341 e. The van der Waals surface area contributed by atoms with E-state index in [9.17, 15) is 14.0 Å². The molecule has 4 rings (SSSR count). The van der Waals surface area contributed by atoms with Gasteiger partial charge in [-0.05, 0) is 61.8 Å². The van der Waals surface area contributed by atoms with Crippen molar-refractivity contribution in [3.63, 3.8) is 0 Å². The third-order valence-corrected chi connectivity index (χ3v) is 7.29. The Bertz CT molecular complexity index is 749. The quantitative estimate of drug-likeness (QED) is 0.791. The maximum atomic E-state index is 13.5. The van der Waals surface area contributed by atoms with Crippen molar-refractivity contribution >= 4 is 17.6 Å². The number of rotatable bonds is 4. The fraction of sp³-hybridized carbons (Fsp3) is 0.667. The topological polar surface area (TPSA) is 55.9 Å². The smallest absolute Gasteiger partial charge is 0.321 e. The molecular formula is C24H35FN4O2. The van der Waals surface area contributed by atoms with Crippen molar-refractivity contribution in [3.8, 4) is 0 Å². The van der Waals surface area contributed by atoms with Crippen molar-refractivity contribution in [2.75, 3.05) is 44.6 Å². The van der Waals surface area contributed by atoms with Gasteiger partial charge in [0.2, 0.25) is 5.91 Å². The molecule has 1 N–H and O–H groups in total. The number of halogens is 1. The van der Waals surface area contributed by atoms with Crippen molar-refractivity contribution in [1.82, 2.24) is 14.7 Å². The second kappa shape index (κ2) is 9.98. The van der Waals surface area contributed by atoms with Crippen LogP contribution in [0.5, 0.6) is 0 Å². The first kappa shape index (κ1) is 22.1. The van der Waals surface area contributed by atoms with Crippen LogP contribution in [0, 0.1) is 17.7 Å². The van der Waals surface area contributed by atoms with Crippen molar-refractivity contribution in [3.05, 3.63) is 30.1 Å². The molecule has 170 valence electrons. The van der Waals surface area contributed by atoms with Gasteiger partial charge < -0.3 is 15.1 Å². The Hall–Kier alpha value is -2.15. The van der Waals surface area contributed by atoms with Crippen LogP contribution < -0.4 is 5.32 Å². The summed E-state index contributed by atoms with van der Waals surface area (Å²) in [6.07, 6.45) is 6.88. The van der Waals surface area contributed by atoms with Crippen LogP contribution in [0.4, 0.5) is 14.9 Å². The molecule has 3 amide bonds. The van der Waals surface area contributed by atoms with Gasteiger partial charge in [0, 0.05) is 45.0 Å². The Kier molecular flexibility index (Phi) is 7.10. The summed E-state index contributed by atoms with van der Waals surface area (Å²) in [6, 6.07) is 5.60. The molecular weight excluding hydrogens is 395 g/mol. The maximum Gasteiger partial charge on any atom is 0.321 e. The first-order valence-corrected chi connectivity index (χ1v) is 11.9. The van der Waals surface area contributed by atoms with Crippen molar-refractivity contribution in [1.29, 1.82) is 0 Å². The fourth-order valence-corrected chi connectivity index (χ4v) is 5.28. The zero-order chi connectivity index (χ0) is 21.8. The van der Waals surface area contributed by atoms with E-state index in [4.69, 9.17) is 0 Å². The Morgan fingerprint density at radius 2 is 1.52 bits per heavy atom. The first-order valence-electron chi connectivity index (χ1n) is 11.9. The molecule has 6 nitrogen and oxygen atoms in total. The SMILES string of the molecule is CC1CCN(C(=O)[C@@H](C2CCCC2)N2CCN(C(=O)Nc3ccc(F)cc3)CC2)CC1. The molecule has 2 aliphatic heterocycles. The van der Waals surface area contributed by atoms with Gasteiger partial charge >= 0.3 is 6.03 Å². The second-order valence-corrected chi connectivity index (χ2v) is 9.46. The summed E-state index contributed by atoms with van der Waals surface area (Å²) in [6.45, 7) is 6.65. The third kappa shape index (κ3) is 5.37. The minimum Gasteiger partial charge on any atom is -0.341 e. The number of piperazine rings is 1. The van der Waals surface area contributed by atoms with Crippen LogP contribution in [-0.4, -0.2) is 71.9 Å². The summed E-state index contributed by atoms with van der Waals surface area (Å²) in [4.78, 5) is 32.4. The van der Waals surface area contributed by atoms with Crippen molar-refractivity contribution in [2.24, 2.45) is 11.8 Å². The number of carbonyl (C=O) groups is 2. The molecule has 0 spiro atoms. The van der Waals surface area contributed by atoms with Crippen LogP contribution in [0.15, 0.2) is 24.3 Å². The summed E-state index contributed by atoms with van der Waals surface area (Å²) in [7, 11) is 0. The molecule has 2 heterocycles. The molecule has 31 heavy (non-hydrogen) atoms. The molecule has 3 aliphatic rings. The molecule has 1 aromatic carbocycles. The van der Waals surface area contributed by atoms with Gasteiger partial charge in [-0.25, -0.2) is 9.18 Å². The molecule has 1 aromatic rings. The predicted molar refractivity (Wildman–Crippen MR) is 119 cm³/mol. The van der Waals surface area contributed by atoms with E-state index in [0.717, 1.165) is 38.8 Å². The Labute approximate surface area is 184 Å². The van der Waals surface area contributed by atoms with Crippen molar-refractivity contribution < 1.29 is 14.0 Å². The number of nitrogens with one attached hydrogen (secondary N) is 1. The average Bonchev–Trinajstić information content (AvgIpc) is 3.31. The molecule has 1 aliphatic carbocycles. The van der Waals surface area contributed by atoms with Gasteiger partial charge in [0.1, 0.15) is 5.82 Å². The highest BCUT2D eigenvalue weighted by molar-refractivity contribution is 5.89. The summed E-state index contributed by atoms with van der Waals surface area (Å²) < 4.78 is 13.1. The predicted octanol–water partition coefficient (Wildman–Crippen LogP) is 3.79. The standard InChI is InChI=1S/C24H35FN4O2/c1-18-10-12-28(13-11-18)23(30)22(19-4-2-3-5-19)27-14-16-29(17-15-27)24(31)26-21-8-6-20(25)7-9-21/h6-9,18-19,22H,2-5,10-17H2,1H3,(H,26,31)/t22-/m1/s1. The number of anilines is 1. The van der Waals surface area contributed by atoms with E-state index in [0.29, 0.717) is 49.6 Å². The number of likely N-dealkylation sites (tertiary alicyclic amines) is 1. The van der Waals surface area contributed by atoms with E-state index in [1.54, 1.807) is 17.0 Å². The number of hydrogen-bond donors (Lipinski definition) is 1. The van der Waals surface area contributed by atoms with Gasteiger partial charge in [0.25, 0.3) is 0 Å². The van der Waals surface area contributed by atoms with Gasteiger partial charge in [-0.1, -0.05) is 19.8 Å². The molecule has 1 atom stereocenters. The highest BCUT2D eigenvalue weighted by atomic mass is 19.1. The van der Waals surface area contributed by atoms with Gasteiger partial charge in [-0.3, -0.25) is 9.69 Å². The highest BCUT2D eigenvalue weighted by Gasteiger charge is 2.39. The van der Waals surface area contributed by atoms with Gasteiger partial charge in [-0.15, -0.1) is 0 Å². The van der Waals surface area contributed by atoms with Crippen LogP contribution in [0.2, 0.25) is 0 Å². The maximum absolute atomic E-state index is 13.5. The molecule has 0 bridgehead atoms. The summed E-state index contributed by atoms with van der Waals surface area (Å²) in [5.41, 5.74) is 0.590. The van der Waals surface area contributed by atoms with Gasteiger partial charge in [0.15, 0.2) is 0 Å². The average molecular weight is 431 g/mol. The monoisotopic (exact) mass is 430 g/mol. The van der Waals surface area contributed by atoms with E-state index < -0.39 is 0 Å². The molecule has 3 fully saturated rings. The third-order valence-electron chi connectivity index (χ3n) is 7.29. The number of piperidine rings is 1. The molecule has 1 saturated carbocycles. The summed E-state index contributed by atoms with van der Waals surface area (Å²) in [5.74, 6) is 1.13. The molecule has 0 aromatic heterocycles. The zero-order valence-corrected chi connectivity index (χ0v) is 18.6. The highest BCUT2D eigenvalue weighted by Crippen LogP contribution is 2.32. The van der Waals surface area contributed by atoms with Crippen LogP contribution >= 0.6 is 0 Å². The van der Waals surface area contributed by atoms with Crippen LogP contribution in [0.3, 0.4) is 0 Å². The minimum atomic E-state index is -0.322. The summed E-state index contributed by atoms with van der Waals surface area (Å²) in [5, 5.41) is 2.84. The Morgan fingerprint density at radius 3 is 2.13 bits per heavy atom. The van der Waals surface area contributed by atoms with E-state index in [1.165, 1.54) is 25.0 Å². The lowest BCUT2D eigenvalue weighted by Gasteiger charge is -2.43. The number of benzene rings is 1. The van der Waals surface area contributed by atoms with E-state index in [2.05, 4.69) is 22.0 Å². The summed E-state index contributed by atoms with van der Waals surface area (Å²) >= 11 is 0. The molecule has 2 saturated heterocycles. The number of carbonyl (C=O) groups excluding carboxylic acids is 2. The first-order chi connectivity index (χ1) is 15.0. The van der Waals surface area contributed by atoms with Gasteiger partial charge in [0.05, 0.1) is 6.04 Å². The van der Waals surface area contributed by atoms with E-state index in [-0.39, 0.29) is 17.9 Å². The van der Waals surface area contributed by atoms with E-state index in [1.807, 2.05) is 0 Å². The zero-order valence-electron chi connectivity index (χ0n) is 18.6. The lowest BCUT2D eigenvalue weighted by molar-refractivity contribution is -0.141. The lowest BCUT2D eigenvalue weighted by atomic mass is 9.92. The second-order valence-electron chi connectivity index (χ2n) is 9.46.